The largest absolute Gasteiger partial charge is 0.393 e. The zero-order chi connectivity index (χ0) is 13.3. The summed E-state index contributed by atoms with van der Waals surface area (Å²) >= 11 is 0. The van der Waals surface area contributed by atoms with Crippen LogP contribution in [0.5, 0.6) is 0 Å². The van der Waals surface area contributed by atoms with Crippen molar-refractivity contribution in [3.8, 4) is 0 Å². The summed E-state index contributed by atoms with van der Waals surface area (Å²) in [4.78, 5) is 12.5. The van der Waals surface area contributed by atoms with E-state index in [1.807, 2.05) is 11.8 Å². The number of hydrogen-bond donors (Lipinski definition) is 1. The average Bonchev–Trinajstić information content (AvgIpc) is 2.63. The number of nitro groups is 1. The van der Waals surface area contributed by atoms with E-state index in [0.29, 0.717) is 25.3 Å². The molecule has 2 unspecified atom stereocenters. The Morgan fingerprint density at radius 2 is 2.17 bits per heavy atom. The Morgan fingerprint density at radius 1 is 1.50 bits per heavy atom. The topological polar surface area (TPSA) is 84.4 Å². The van der Waals surface area contributed by atoms with Crippen molar-refractivity contribution in [3.63, 3.8) is 0 Å². The third kappa shape index (κ3) is 2.31. The summed E-state index contributed by atoms with van der Waals surface area (Å²) in [5.74, 6) is 0.753. The molecule has 1 saturated heterocycles. The standard InChI is InChI=1S/C11H18N4O3/c1-8-3-5-14(6-4-10(8)16)11-9(15(17)18)7-12-13(11)2/h7-8,10,16H,3-6H2,1-2H3. The number of aryl methyl sites for hydroxylation is 1. The maximum atomic E-state index is 11.0. The van der Waals surface area contributed by atoms with Crippen LogP contribution in [-0.2, 0) is 7.05 Å². The molecule has 2 rings (SSSR count). The lowest BCUT2D eigenvalue weighted by Crippen LogP contribution is -2.27. The van der Waals surface area contributed by atoms with Crippen molar-refractivity contribution in [3.05, 3.63) is 16.3 Å². The first kappa shape index (κ1) is 12.8. The van der Waals surface area contributed by atoms with Gasteiger partial charge in [-0.25, -0.2) is 4.68 Å². The molecule has 18 heavy (non-hydrogen) atoms. The van der Waals surface area contributed by atoms with Gasteiger partial charge in [0.2, 0.25) is 5.82 Å². The van der Waals surface area contributed by atoms with Crippen LogP contribution in [0.15, 0.2) is 6.20 Å². The molecular weight excluding hydrogens is 236 g/mol. The minimum atomic E-state index is -0.410. The van der Waals surface area contributed by atoms with Crippen LogP contribution in [0.25, 0.3) is 0 Å². The fourth-order valence-corrected chi connectivity index (χ4v) is 2.36. The van der Waals surface area contributed by atoms with Gasteiger partial charge in [-0.2, -0.15) is 5.10 Å². The van der Waals surface area contributed by atoms with E-state index in [9.17, 15) is 15.2 Å². The average molecular weight is 254 g/mol. The Kier molecular flexibility index (Phi) is 3.51. The van der Waals surface area contributed by atoms with Crippen LogP contribution >= 0.6 is 0 Å². The third-order valence-corrected chi connectivity index (χ3v) is 3.59. The van der Waals surface area contributed by atoms with Crippen LogP contribution in [0.2, 0.25) is 0 Å². The molecule has 0 amide bonds. The molecule has 2 heterocycles. The second kappa shape index (κ2) is 4.93. The second-order valence-corrected chi connectivity index (χ2v) is 4.84. The molecule has 1 N–H and O–H groups in total. The van der Waals surface area contributed by atoms with Crippen LogP contribution in [0.1, 0.15) is 19.8 Å². The maximum Gasteiger partial charge on any atom is 0.331 e. The SMILES string of the molecule is CC1CCN(c2c([N+](=O)[O-])cnn2C)CCC1O. The van der Waals surface area contributed by atoms with Gasteiger partial charge in [-0.15, -0.1) is 0 Å². The van der Waals surface area contributed by atoms with Gasteiger partial charge in [0, 0.05) is 20.1 Å². The molecule has 100 valence electrons. The van der Waals surface area contributed by atoms with Crippen molar-refractivity contribution in [1.82, 2.24) is 9.78 Å². The number of anilines is 1. The fourth-order valence-electron chi connectivity index (χ4n) is 2.36. The highest BCUT2D eigenvalue weighted by atomic mass is 16.6. The Labute approximate surface area is 105 Å². The van der Waals surface area contributed by atoms with E-state index in [0.717, 1.165) is 6.42 Å². The predicted octanol–water partition coefficient (Wildman–Crippen LogP) is 0.925. The zero-order valence-corrected chi connectivity index (χ0v) is 10.6. The lowest BCUT2D eigenvalue weighted by molar-refractivity contribution is -0.384. The molecule has 0 bridgehead atoms. The molecule has 0 saturated carbocycles. The molecule has 1 aromatic rings. The van der Waals surface area contributed by atoms with Crippen molar-refractivity contribution in [2.45, 2.75) is 25.9 Å². The first-order valence-corrected chi connectivity index (χ1v) is 6.10. The molecule has 0 aliphatic carbocycles. The summed E-state index contributed by atoms with van der Waals surface area (Å²) < 4.78 is 1.53. The zero-order valence-electron chi connectivity index (χ0n) is 10.6. The van der Waals surface area contributed by atoms with E-state index in [1.54, 1.807) is 7.05 Å². The summed E-state index contributed by atoms with van der Waals surface area (Å²) in [6.07, 6.45) is 2.40. The molecule has 1 aliphatic heterocycles. The van der Waals surface area contributed by atoms with Crippen molar-refractivity contribution in [2.24, 2.45) is 13.0 Å². The molecule has 1 fully saturated rings. The summed E-state index contributed by atoms with van der Waals surface area (Å²) in [7, 11) is 1.70. The lowest BCUT2D eigenvalue weighted by Gasteiger charge is -2.21. The smallest absolute Gasteiger partial charge is 0.331 e. The van der Waals surface area contributed by atoms with Gasteiger partial charge < -0.3 is 10.0 Å². The van der Waals surface area contributed by atoms with Gasteiger partial charge in [-0.05, 0) is 18.8 Å². The molecule has 7 nitrogen and oxygen atoms in total. The molecule has 0 spiro atoms. The molecule has 2 atom stereocenters. The van der Waals surface area contributed by atoms with Crippen molar-refractivity contribution in [1.29, 1.82) is 0 Å². The van der Waals surface area contributed by atoms with Gasteiger partial charge in [0.1, 0.15) is 6.20 Å². The third-order valence-electron chi connectivity index (χ3n) is 3.59. The Balaban J connectivity index is 2.26. The number of aliphatic hydroxyl groups is 1. The first-order chi connectivity index (χ1) is 8.50. The number of rotatable bonds is 2. The molecular formula is C11H18N4O3. The second-order valence-electron chi connectivity index (χ2n) is 4.84. The Hall–Kier alpha value is -1.63. The maximum absolute atomic E-state index is 11.0. The first-order valence-electron chi connectivity index (χ1n) is 6.10. The normalized spacial score (nSPS) is 24.9. The van der Waals surface area contributed by atoms with E-state index in [2.05, 4.69) is 5.10 Å². The van der Waals surface area contributed by atoms with Crippen molar-refractivity contribution in [2.75, 3.05) is 18.0 Å². The van der Waals surface area contributed by atoms with E-state index >= 15 is 0 Å². The van der Waals surface area contributed by atoms with Crippen molar-refractivity contribution >= 4 is 11.5 Å². The van der Waals surface area contributed by atoms with E-state index < -0.39 is 4.92 Å². The van der Waals surface area contributed by atoms with E-state index in [-0.39, 0.29) is 17.7 Å². The number of aliphatic hydroxyl groups excluding tert-OH is 1. The van der Waals surface area contributed by atoms with Crippen molar-refractivity contribution < 1.29 is 10.0 Å². The molecule has 0 aromatic carbocycles. The van der Waals surface area contributed by atoms with Crippen LogP contribution in [0.3, 0.4) is 0 Å². The predicted molar refractivity (Wildman–Crippen MR) is 66.5 cm³/mol. The van der Waals surface area contributed by atoms with Gasteiger partial charge in [-0.3, -0.25) is 10.1 Å². The van der Waals surface area contributed by atoms with Gasteiger partial charge >= 0.3 is 5.69 Å². The summed E-state index contributed by atoms with van der Waals surface area (Å²) in [5.41, 5.74) is 0.0292. The fraction of sp³-hybridized carbons (Fsp3) is 0.727. The number of nitrogens with zero attached hydrogens (tertiary/aromatic N) is 4. The van der Waals surface area contributed by atoms with Gasteiger partial charge in [0.05, 0.1) is 11.0 Å². The van der Waals surface area contributed by atoms with Crippen LogP contribution in [-0.4, -0.2) is 39.0 Å². The minimum Gasteiger partial charge on any atom is -0.393 e. The quantitative estimate of drug-likeness (QED) is 0.626. The highest BCUT2D eigenvalue weighted by molar-refractivity contribution is 5.57. The Morgan fingerprint density at radius 3 is 2.83 bits per heavy atom. The summed E-state index contributed by atoms with van der Waals surface area (Å²) in [6.45, 7) is 3.33. The summed E-state index contributed by atoms with van der Waals surface area (Å²) in [6, 6.07) is 0. The highest BCUT2D eigenvalue weighted by Crippen LogP contribution is 2.30. The molecule has 1 aromatic heterocycles. The molecule has 0 radical (unpaired) electrons. The monoisotopic (exact) mass is 254 g/mol. The van der Waals surface area contributed by atoms with Crippen LogP contribution < -0.4 is 4.90 Å². The van der Waals surface area contributed by atoms with Crippen LogP contribution in [0.4, 0.5) is 11.5 Å². The van der Waals surface area contributed by atoms with Gasteiger partial charge in [0.15, 0.2) is 0 Å². The van der Waals surface area contributed by atoms with E-state index in [4.69, 9.17) is 0 Å². The Bertz CT molecular complexity index is 433. The lowest BCUT2D eigenvalue weighted by atomic mass is 10.0. The van der Waals surface area contributed by atoms with Crippen LogP contribution in [0, 0.1) is 16.0 Å². The van der Waals surface area contributed by atoms with E-state index in [1.165, 1.54) is 10.9 Å². The molecule has 1 aliphatic rings. The number of hydrogen-bond acceptors (Lipinski definition) is 5. The minimum absolute atomic E-state index is 0.0292. The highest BCUT2D eigenvalue weighted by Gasteiger charge is 2.28. The summed E-state index contributed by atoms with van der Waals surface area (Å²) in [5, 5.41) is 24.8. The van der Waals surface area contributed by atoms with Gasteiger partial charge in [0.25, 0.3) is 0 Å². The number of aromatic nitrogens is 2. The molecule has 7 heteroatoms. The van der Waals surface area contributed by atoms with Gasteiger partial charge in [-0.1, -0.05) is 6.92 Å².